The summed E-state index contributed by atoms with van der Waals surface area (Å²) in [5.41, 5.74) is 3.09. The van der Waals surface area contributed by atoms with Gasteiger partial charge in [-0.3, -0.25) is 9.59 Å². The van der Waals surface area contributed by atoms with Crippen LogP contribution in [0.2, 0.25) is 0 Å². The molecule has 1 atom stereocenters. The largest absolute Gasteiger partial charge is 0.497 e. The Morgan fingerprint density at radius 2 is 1.91 bits per heavy atom. The number of carbonyl (C=O) groups is 3. The number of anilines is 1. The topological polar surface area (TPSA) is 124 Å². The molecule has 2 aromatic heterocycles. The molecule has 10 nitrogen and oxygen atoms in total. The van der Waals surface area contributed by atoms with Crippen LogP contribution in [0.1, 0.15) is 62.8 Å². The van der Waals surface area contributed by atoms with E-state index in [1.54, 1.807) is 45.2 Å². The van der Waals surface area contributed by atoms with Gasteiger partial charge in [-0.2, -0.15) is 0 Å². The Kier molecular flexibility index (Phi) is 10.3. The Labute approximate surface area is 264 Å². The highest BCUT2D eigenvalue weighted by molar-refractivity contribution is 8.00. The molecule has 0 saturated heterocycles. The van der Waals surface area contributed by atoms with Gasteiger partial charge in [-0.05, 0) is 68.9 Å². The first-order valence-electron chi connectivity index (χ1n) is 14.5. The smallest absolute Gasteiger partial charge is 0.341 e. The summed E-state index contributed by atoms with van der Waals surface area (Å²) >= 11 is 2.74. The molecule has 0 fully saturated rings. The Morgan fingerprint density at radius 1 is 1.09 bits per heavy atom. The number of aryl methyl sites for hydroxylation is 2. The van der Waals surface area contributed by atoms with Gasteiger partial charge in [0, 0.05) is 17.0 Å². The maximum absolute atomic E-state index is 13.4. The molecule has 0 aliphatic heterocycles. The van der Waals surface area contributed by atoms with Gasteiger partial charge in [-0.25, -0.2) is 4.79 Å². The molecule has 12 heteroatoms. The molecule has 1 aliphatic carbocycles. The van der Waals surface area contributed by atoms with Crippen LogP contribution in [0.3, 0.4) is 0 Å². The number of aromatic nitrogens is 3. The van der Waals surface area contributed by atoms with Crippen LogP contribution in [0.5, 0.6) is 5.75 Å². The Hall–Kier alpha value is -4.16. The summed E-state index contributed by atoms with van der Waals surface area (Å²) in [5, 5.41) is 15.2. The lowest BCUT2D eigenvalue weighted by atomic mass is 10.1. The van der Waals surface area contributed by atoms with Crippen LogP contribution in [0, 0.1) is 0 Å². The minimum absolute atomic E-state index is 0.155. The van der Waals surface area contributed by atoms with E-state index in [-0.39, 0.29) is 25.0 Å². The average Bonchev–Trinajstić information content (AvgIpc) is 3.74. The maximum atomic E-state index is 13.4. The highest BCUT2D eigenvalue weighted by Gasteiger charge is 2.30. The van der Waals surface area contributed by atoms with E-state index >= 15 is 0 Å². The number of methoxy groups -OCH3 is 1. The van der Waals surface area contributed by atoms with E-state index in [1.165, 1.54) is 23.1 Å². The quantitative estimate of drug-likeness (QED) is 0.150. The molecule has 4 aromatic rings. The zero-order valence-corrected chi connectivity index (χ0v) is 26.6. The van der Waals surface area contributed by atoms with Crippen molar-refractivity contribution >= 4 is 45.9 Å². The maximum Gasteiger partial charge on any atom is 0.341 e. The number of rotatable bonds is 13. The Bertz CT molecular complexity index is 1640. The number of hydrogen-bond acceptors (Lipinski definition) is 9. The van der Waals surface area contributed by atoms with Gasteiger partial charge in [-0.15, -0.1) is 21.5 Å². The van der Waals surface area contributed by atoms with E-state index < -0.39 is 11.2 Å². The molecule has 230 valence electrons. The first kappa shape index (κ1) is 31.3. The second-order valence-corrected chi connectivity index (χ2v) is 12.6. The normalized spacial score (nSPS) is 12.8. The van der Waals surface area contributed by atoms with Crippen LogP contribution in [0.15, 0.2) is 59.8 Å². The number of amides is 2. The van der Waals surface area contributed by atoms with Crippen LogP contribution >= 0.6 is 23.1 Å². The standard InChI is InChI=1S/C32H35N5O5S2/c1-4-42-31(40)27-24-14-9-15-25(24)44-30(27)34-28(38)20(2)43-32-36-35-26(37(32)17-16-21-10-6-5-7-11-21)19-33-29(39)22-12-8-13-23(18-22)41-3/h5-8,10-13,18,20H,4,9,14-17,19H2,1-3H3,(H,33,39)(H,34,38). The number of ether oxygens (including phenoxy) is 2. The van der Waals surface area contributed by atoms with Crippen molar-refractivity contribution in [2.75, 3.05) is 19.0 Å². The van der Waals surface area contributed by atoms with Crippen LogP contribution in [-0.4, -0.2) is 51.5 Å². The van der Waals surface area contributed by atoms with Crippen LogP contribution < -0.4 is 15.4 Å². The number of fused-ring (bicyclic) bond motifs is 1. The van der Waals surface area contributed by atoms with Gasteiger partial charge in [0.2, 0.25) is 5.91 Å². The molecule has 2 amide bonds. The fourth-order valence-corrected chi connectivity index (χ4v) is 7.18. The summed E-state index contributed by atoms with van der Waals surface area (Å²) < 4.78 is 12.5. The van der Waals surface area contributed by atoms with Gasteiger partial charge in [0.1, 0.15) is 10.8 Å². The van der Waals surface area contributed by atoms with Crippen LogP contribution in [-0.2, 0) is 41.9 Å². The first-order chi connectivity index (χ1) is 21.4. The fourth-order valence-electron chi connectivity index (χ4n) is 5.01. The highest BCUT2D eigenvalue weighted by Crippen LogP contribution is 2.40. The number of hydrogen-bond donors (Lipinski definition) is 2. The van der Waals surface area contributed by atoms with E-state index in [4.69, 9.17) is 9.47 Å². The monoisotopic (exact) mass is 633 g/mol. The molecule has 1 unspecified atom stereocenters. The summed E-state index contributed by atoms with van der Waals surface area (Å²) in [6.45, 7) is 4.55. The molecular formula is C32H35N5O5S2. The third-order valence-corrected chi connectivity index (χ3v) is 9.58. The fraction of sp³-hybridized carbons (Fsp3) is 0.344. The molecule has 2 aromatic carbocycles. The summed E-state index contributed by atoms with van der Waals surface area (Å²) in [6, 6.07) is 17.0. The second kappa shape index (κ2) is 14.5. The van der Waals surface area contributed by atoms with Crippen molar-refractivity contribution in [2.45, 2.75) is 63.0 Å². The SMILES string of the molecule is CCOC(=O)c1c(NC(=O)C(C)Sc2nnc(CNC(=O)c3cccc(OC)c3)n2CCc2ccccc2)sc2c1CCC2. The number of thiophene rings is 1. The lowest BCUT2D eigenvalue weighted by Gasteiger charge is -2.15. The Morgan fingerprint density at radius 3 is 2.68 bits per heavy atom. The van der Waals surface area contributed by atoms with Gasteiger partial charge in [0.15, 0.2) is 11.0 Å². The van der Waals surface area contributed by atoms with Crippen molar-refractivity contribution in [3.63, 3.8) is 0 Å². The third kappa shape index (κ3) is 7.31. The van der Waals surface area contributed by atoms with Gasteiger partial charge in [0.25, 0.3) is 5.91 Å². The third-order valence-electron chi connectivity index (χ3n) is 7.29. The van der Waals surface area contributed by atoms with Crippen molar-refractivity contribution in [1.82, 2.24) is 20.1 Å². The summed E-state index contributed by atoms with van der Waals surface area (Å²) in [6.07, 6.45) is 3.42. The van der Waals surface area contributed by atoms with Crippen molar-refractivity contribution in [2.24, 2.45) is 0 Å². The number of thioether (sulfide) groups is 1. The van der Waals surface area contributed by atoms with Crippen molar-refractivity contribution < 1.29 is 23.9 Å². The van der Waals surface area contributed by atoms with Crippen LogP contribution in [0.4, 0.5) is 5.00 Å². The van der Waals surface area contributed by atoms with Crippen molar-refractivity contribution in [3.8, 4) is 5.75 Å². The number of benzene rings is 2. The van der Waals surface area contributed by atoms with Gasteiger partial charge < -0.3 is 24.7 Å². The second-order valence-electron chi connectivity index (χ2n) is 10.2. The first-order valence-corrected chi connectivity index (χ1v) is 16.2. The predicted molar refractivity (Wildman–Crippen MR) is 171 cm³/mol. The average molecular weight is 634 g/mol. The van der Waals surface area contributed by atoms with E-state index in [1.807, 2.05) is 22.8 Å². The zero-order valence-electron chi connectivity index (χ0n) is 24.9. The van der Waals surface area contributed by atoms with E-state index in [9.17, 15) is 14.4 Å². The number of carbonyl (C=O) groups excluding carboxylic acids is 3. The lowest BCUT2D eigenvalue weighted by molar-refractivity contribution is -0.115. The molecule has 1 aliphatic rings. The molecule has 0 radical (unpaired) electrons. The summed E-state index contributed by atoms with van der Waals surface area (Å²) in [7, 11) is 1.55. The number of nitrogens with zero attached hydrogens (tertiary/aromatic N) is 3. The molecule has 5 rings (SSSR count). The molecule has 2 heterocycles. The zero-order chi connectivity index (χ0) is 31.1. The summed E-state index contributed by atoms with van der Waals surface area (Å²) in [4.78, 5) is 40.2. The van der Waals surface area contributed by atoms with E-state index in [0.717, 1.165) is 35.3 Å². The van der Waals surface area contributed by atoms with Gasteiger partial charge in [-0.1, -0.05) is 48.2 Å². The van der Waals surface area contributed by atoms with Gasteiger partial charge >= 0.3 is 5.97 Å². The van der Waals surface area contributed by atoms with E-state index in [2.05, 4.69) is 33.0 Å². The molecule has 0 saturated carbocycles. The predicted octanol–water partition coefficient (Wildman–Crippen LogP) is 5.31. The van der Waals surface area contributed by atoms with Crippen LogP contribution in [0.25, 0.3) is 0 Å². The molecule has 2 N–H and O–H groups in total. The Balaban J connectivity index is 1.31. The molecule has 0 bridgehead atoms. The number of nitrogens with one attached hydrogen (secondary N) is 2. The summed E-state index contributed by atoms with van der Waals surface area (Å²) in [5.74, 6) is 0.265. The van der Waals surface area contributed by atoms with Crippen molar-refractivity contribution in [1.29, 1.82) is 0 Å². The molecular weight excluding hydrogens is 599 g/mol. The lowest BCUT2D eigenvalue weighted by Crippen LogP contribution is -2.26. The van der Waals surface area contributed by atoms with Gasteiger partial charge in [0.05, 0.1) is 31.1 Å². The van der Waals surface area contributed by atoms with Crippen molar-refractivity contribution in [3.05, 3.63) is 87.6 Å². The minimum atomic E-state index is -0.541. The minimum Gasteiger partial charge on any atom is -0.497 e. The van der Waals surface area contributed by atoms with E-state index in [0.29, 0.717) is 45.8 Å². The molecule has 44 heavy (non-hydrogen) atoms. The number of esters is 1. The highest BCUT2D eigenvalue weighted by atomic mass is 32.2. The molecule has 0 spiro atoms.